The largest absolute Gasteiger partial charge is 0.383 e. The Morgan fingerprint density at radius 2 is 2.46 bits per heavy atom. The van der Waals surface area contributed by atoms with E-state index < -0.39 is 0 Å². The molecule has 1 nitrogen and oxygen atoms in total. The van der Waals surface area contributed by atoms with Crippen LogP contribution in [-0.2, 0) is 0 Å². The molecular weight excluding hydrogens is 202 g/mol. The third-order valence-electron chi connectivity index (χ3n) is 2.21. The number of rotatable bonds is 1. The molecule has 0 radical (unpaired) electrons. The molecule has 1 atom stereocenters. The summed E-state index contributed by atoms with van der Waals surface area (Å²) < 4.78 is 0. The Balaban J connectivity index is 2.27. The van der Waals surface area contributed by atoms with E-state index in [-0.39, 0.29) is 0 Å². The van der Waals surface area contributed by atoms with E-state index in [0.29, 0.717) is 5.25 Å². The fraction of sp³-hybridized carbons (Fsp3) is 0.400. The van der Waals surface area contributed by atoms with E-state index in [1.54, 1.807) is 0 Å². The summed E-state index contributed by atoms with van der Waals surface area (Å²) in [6.45, 7) is 3.28. The van der Waals surface area contributed by atoms with E-state index >= 15 is 0 Å². The van der Waals surface area contributed by atoms with Crippen LogP contribution >= 0.6 is 23.4 Å². The van der Waals surface area contributed by atoms with Crippen molar-refractivity contribution in [1.29, 1.82) is 0 Å². The van der Waals surface area contributed by atoms with Crippen LogP contribution in [0.3, 0.4) is 0 Å². The molecule has 0 saturated carbocycles. The second-order valence-electron chi connectivity index (χ2n) is 3.17. The van der Waals surface area contributed by atoms with Gasteiger partial charge in [0.1, 0.15) is 0 Å². The van der Waals surface area contributed by atoms with Crippen molar-refractivity contribution in [3.05, 3.63) is 23.2 Å². The molecule has 1 aromatic carbocycles. The minimum atomic E-state index is 0.686. The molecule has 0 fully saturated rings. The first kappa shape index (κ1) is 9.22. The fourth-order valence-electron chi connectivity index (χ4n) is 1.41. The highest BCUT2D eigenvalue weighted by Crippen LogP contribution is 2.37. The van der Waals surface area contributed by atoms with Crippen molar-refractivity contribution in [2.75, 3.05) is 11.9 Å². The van der Waals surface area contributed by atoms with Gasteiger partial charge in [0.2, 0.25) is 0 Å². The zero-order valence-corrected chi connectivity index (χ0v) is 9.08. The molecule has 0 amide bonds. The van der Waals surface area contributed by atoms with Crippen LogP contribution in [0.2, 0.25) is 5.02 Å². The molecule has 0 saturated heterocycles. The van der Waals surface area contributed by atoms with Gasteiger partial charge in [0.25, 0.3) is 0 Å². The van der Waals surface area contributed by atoms with Crippen LogP contribution in [0.15, 0.2) is 23.1 Å². The molecule has 1 aromatic rings. The number of anilines is 1. The van der Waals surface area contributed by atoms with Crippen LogP contribution in [-0.4, -0.2) is 11.8 Å². The maximum Gasteiger partial charge on any atom is 0.0479 e. The lowest BCUT2D eigenvalue weighted by molar-refractivity contribution is 0.842. The first-order valence-corrected chi connectivity index (χ1v) is 5.75. The average molecular weight is 214 g/mol. The van der Waals surface area contributed by atoms with Crippen LogP contribution < -0.4 is 5.32 Å². The number of nitrogens with one attached hydrogen (secondary N) is 1. The van der Waals surface area contributed by atoms with E-state index in [2.05, 4.69) is 18.3 Å². The van der Waals surface area contributed by atoms with Gasteiger partial charge in [-0.1, -0.05) is 18.5 Å². The number of thioether (sulfide) groups is 1. The quantitative estimate of drug-likeness (QED) is 0.765. The molecule has 1 aliphatic rings. The SMILES string of the molecule is CCC1CNc2ccc(Cl)cc2S1. The average Bonchev–Trinajstić information content (AvgIpc) is 2.16. The highest BCUT2D eigenvalue weighted by atomic mass is 35.5. The lowest BCUT2D eigenvalue weighted by Gasteiger charge is -2.24. The smallest absolute Gasteiger partial charge is 0.0479 e. The summed E-state index contributed by atoms with van der Waals surface area (Å²) in [6, 6.07) is 6.02. The zero-order valence-electron chi connectivity index (χ0n) is 7.51. The summed E-state index contributed by atoms with van der Waals surface area (Å²) in [6.07, 6.45) is 1.20. The molecule has 0 aromatic heterocycles. The normalized spacial score (nSPS) is 20.6. The van der Waals surface area contributed by atoms with E-state index in [0.717, 1.165) is 11.6 Å². The number of halogens is 1. The Bertz CT molecular complexity index is 314. The van der Waals surface area contributed by atoms with E-state index in [4.69, 9.17) is 11.6 Å². The lowest BCUT2D eigenvalue weighted by Crippen LogP contribution is -2.20. The molecule has 0 aliphatic carbocycles. The zero-order chi connectivity index (χ0) is 9.26. The standard InChI is InChI=1S/C10H12ClNS/c1-2-8-6-12-9-4-3-7(11)5-10(9)13-8/h3-5,8,12H,2,6H2,1H3. The Hall–Kier alpha value is -0.340. The number of hydrogen-bond donors (Lipinski definition) is 1. The first-order valence-electron chi connectivity index (χ1n) is 4.49. The Morgan fingerprint density at radius 3 is 3.23 bits per heavy atom. The molecule has 3 heteroatoms. The van der Waals surface area contributed by atoms with Gasteiger partial charge in [0.15, 0.2) is 0 Å². The van der Waals surface area contributed by atoms with Crippen LogP contribution in [0, 0.1) is 0 Å². The van der Waals surface area contributed by atoms with Crippen molar-refractivity contribution in [1.82, 2.24) is 0 Å². The predicted octanol–water partition coefficient (Wildman–Crippen LogP) is 3.64. The molecule has 2 rings (SSSR count). The molecule has 1 heterocycles. The van der Waals surface area contributed by atoms with Gasteiger partial charge < -0.3 is 5.32 Å². The Labute approximate surface area is 87.9 Å². The van der Waals surface area contributed by atoms with Gasteiger partial charge in [-0.3, -0.25) is 0 Å². The van der Waals surface area contributed by atoms with E-state index in [1.165, 1.54) is 17.0 Å². The summed E-state index contributed by atoms with van der Waals surface area (Å²) >= 11 is 7.85. The van der Waals surface area contributed by atoms with Gasteiger partial charge in [0, 0.05) is 27.4 Å². The van der Waals surface area contributed by atoms with Gasteiger partial charge in [0.05, 0.1) is 0 Å². The van der Waals surface area contributed by atoms with Crippen molar-refractivity contribution in [3.8, 4) is 0 Å². The van der Waals surface area contributed by atoms with E-state index in [1.807, 2.05) is 23.9 Å². The maximum absolute atomic E-state index is 5.93. The van der Waals surface area contributed by atoms with E-state index in [9.17, 15) is 0 Å². The Morgan fingerprint density at radius 1 is 1.62 bits per heavy atom. The molecule has 0 spiro atoms. The molecule has 1 N–H and O–H groups in total. The van der Waals surface area contributed by atoms with Crippen LogP contribution in [0.4, 0.5) is 5.69 Å². The fourth-order valence-corrected chi connectivity index (χ4v) is 2.80. The van der Waals surface area contributed by atoms with Crippen molar-refractivity contribution >= 4 is 29.1 Å². The topological polar surface area (TPSA) is 12.0 Å². The number of hydrogen-bond acceptors (Lipinski definition) is 2. The number of benzene rings is 1. The van der Waals surface area contributed by atoms with Crippen molar-refractivity contribution in [3.63, 3.8) is 0 Å². The molecular formula is C10H12ClNS. The van der Waals surface area contributed by atoms with Gasteiger partial charge in [-0.05, 0) is 24.6 Å². The minimum absolute atomic E-state index is 0.686. The van der Waals surface area contributed by atoms with Gasteiger partial charge in [-0.2, -0.15) is 0 Å². The minimum Gasteiger partial charge on any atom is -0.383 e. The maximum atomic E-state index is 5.93. The third kappa shape index (κ3) is 1.94. The summed E-state index contributed by atoms with van der Waals surface area (Å²) in [4.78, 5) is 1.28. The molecule has 13 heavy (non-hydrogen) atoms. The summed E-state index contributed by atoms with van der Waals surface area (Å²) in [5.74, 6) is 0. The predicted molar refractivity (Wildman–Crippen MR) is 59.9 cm³/mol. The van der Waals surface area contributed by atoms with Crippen molar-refractivity contribution in [2.24, 2.45) is 0 Å². The highest BCUT2D eigenvalue weighted by Gasteiger charge is 2.16. The molecule has 70 valence electrons. The van der Waals surface area contributed by atoms with Crippen LogP contribution in [0.5, 0.6) is 0 Å². The lowest BCUT2D eigenvalue weighted by atomic mass is 10.2. The van der Waals surface area contributed by atoms with Gasteiger partial charge in [-0.15, -0.1) is 11.8 Å². The Kier molecular flexibility index (Phi) is 2.70. The van der Waals surface area contributed by atoms with Gasteiger partial charge >= 0.3 is 0 Å². The molecule has 0 bridgehead atoms. The highest BCUT2D eigenvalue weighted by molar-refractivity contribution is 8.00. The van der Waals surface area contributed by atoms with Crippen molar-refractivity contribution in [2.45, 2.75) is 23.5 Å². The van der Waals surface area contributed by atoms with Crippen LogP contribution in [0.25, 0.3) is 0 Å². The second kappa shape index (κ2) is 3.81. The van der Waals surface area contributed by atoms with Crippen molar-refractivity contribution < 1.29 is 0 Å². The van der Waals surface area contributed by atoms with Crippen LogP contribution in [0.1, 0.15) is 13.3 Å². The second-order valence-corrected chi connectivity index (χ2v) is 4.95. The molecule has 1 unspecified atom stereocenters. The third-order valence-corrected chi connectivity index (χ3v) is 3.87. The molecule has 1 aliphatic heterocycles. The summed E-state index contributed by atoms with van der Waals surface area (Å²) in [5.41, 5.74) is 1.22. The summed E-state index contributed by atoms with van der Waals surface area (Å²) in [5, 5.41) is 4.92. The number of fused-ring (bicyclic) bond motifs is 1. The monoisotopic (exact) mass is 213 g/mol. The summed E-state index contributed by atoms with van der Waals surface area (Å²) in [7, 11) is 0. The first-order chi connectivity index (χ1) is 6.29. The van der Waals surface area contributed by atoms with Gasteiger partial charge in [-0.25, -0.2) is 0 Å².